The van der Waals surface area contributed by atoms with E-state index in [9.17, 15) is 9.59 Å². The number of thiol groups is 1. The van der Waals surface area contributed by atoms with Crippen LogP contribution in [0.15, 0.2) is 0 Å². The zero-order valence-electron chi connectivity index (χ0n) is 11.4. The van der Waals surface area contributed by atoms with Gasteiger partial charge >= 0.3 is 6.03 Å². The summed E-state index contributed by atoms with van der Waals surface area (Å²) in [6, 6.07) is -0.187. The van der Waals surface area contributed by atoms with Crippen LogP contribution in [0.3, 0.4) is 0 Å². The highest BCUT2D eigenvalue weighted by molar-refractivity contribution is 7.80. The lowest BCUT2D eigenvalue weighted by molar-refractivity contribution is -0.133. The van der Waals surface area contributed by atoms with Crippen molar-refractivity contribution in [3.05, 3.63) is 0 Å². The van der Waals surface area contributed by atoms with Crippen molar-refractivity contribution in [1.82, 2.24) is 10.2 Å². The van der Waals surface area contributed by atoms with Crippen LogP contribution >= 0.6 is 12.6 Å². The Labute approximate surface area is 119 Å². The fraction of sp³-hybridized carbons (Fsp3) is 0.857. The Kier molecular flexibility index (Phi) is 3.08. The van der Waals surface area contributed by atoms with Crippen molar-refractivity contribution in [2.45, 2.75) is 51.0 Å². The Bertz CT molecular complexity index is 412. The zero-order valence-corrected chi connectivity index (χ0v) is 12.3. The van der Waals surface area contributed by atoms with Gasteiger partial charge in [0.2, 0.25) is 0 Å². The lowest BCUT2D eigenvalue weighted by Crippen LogP contribution is -2.49. The van der Waals surface area contributed by atoms with Gasteiger partial charge < -0.3 is 5.32 Å². The second kappa shape index (κ2) is 4.40. The van der Waals surface area contributed by atoms with Gasteiger partial charge in [-0.3, -0.25) is 9.69 Å². The first-order valence-corrected chi connectivity index (χ1v) is 7.89. The number of rotatable bonds is 3. The normalized spacial score (nSPS) is 36.7. The average Bonchev–Trinajstić information content (AvgIpc) is 3.14. The molecule has 1 saturated heterocycles. The van der Waals surface area contributed by atoms with E-state index in [-0.39, 0.29) is 17.4 Å². The number of urea groups is 1. The minimum absolute atomic E-state index is 0.0115. The van der Waals surface area contributed by atoms with Gasteiger partial charge in [-0.05, 0) is 55.6 Å². The largest absolute Gasteiger partial charge is 0.325 e. The number of imide groups is 1. The van der Waals surface area contributed by atoms with Gasteiger partial charge in [-0.2, -0.15) is 12.6 Å². The predicted octanol–water partition coefficient (Wildman–Crippen LogP) is 2.20. The van der Waals surface area contributed by atoms with Gasteiger partial charge in [0, 0.05) is 6.54 Å². The van der Waals surface area contributed by atoms with E-state index >= 15 is 0 Å². The van der Waals surface area contributed by atoms with Crippen LogP contribution in [0.4, 0.5) is 4.79 Å². The molecule has 5 heteroatoms. The Morgan fingerprint density at radius 1 is 1.26 bits per heavy atom. The molecule has 0 bridgehead atoms. The van der Waals surface area contributed by atoms with Gasteiger partial charge in [-0.25, -0.2) is 4.79 Å². The molecule has 2 aliphatic carbocycles. The predicted molar refractivity (Wildman–Crippen MR) is 76.1 cm³/mol. The summed E-state index contributed by atoms with van der Waals surface area (Å²) in [5.41, 5.74) is -0.486. The van der Waals surface area contributed by atoms with Crippen LogP contribution in [0.2, 0.25) is 0 Å². The van der Waals surface area contributed by atoms with E-state index in [1.54, 1.807) is 0 Å². The molecule has 0 unspecified atom stereocenters. The summed E-state index contributed by atoms with van der Waals surface area (Å²) in [4.78, 5) is 26.2. The van der Waals surface area contributed by atoms with Crippen molar-refractivity contribution in [2.24, 2.45) is 11.3 Å². The number of carbonyl (C=O) groups excluding carboxylic acids is 2. The summed E-state index contributed by atoms with van der Waals surface area (Å²) in [6.07, 6.45) is 5.80. The van der Waals surface area contributed by atoms with Gasteiger partial charge in [-0.1, -0.05) is 6.92 Å². The van der Waals surface area contributed by atoms with Crippen molar-refractivity contribution in [2.75, 3.05) is 12.3 Å². The van der Waals surface area contributed by atoms with Crippen molar-refractivity contribution >= 4 is 24.6 Å². The molecule has 106 valence electrons. The van der Waals surface area contributed by atoms with Gasteiger partial charge in [0.25, 0.3) is 5.91 Å². The molecule has 0 aromatic carbocycles. The maximum absolute atomic E-state index is 12.6. The number of hydrogen-bond acceptors (Lipinski definition) is 3. The second-order valence-corrected chi connectivity index (χ2v) is 7.06. The minimum atomic E-state index is -0.587. The Morgan fingerprint density at radius 2 is 1.89 bits per heavy atom. The van der Waals surface area contributed by atoms with Crippen LogP contribution < -0.4 is 5.32 Å². The summed E-state index contributed by atoms with van der Waals surface area (Å²) in [5, 5.41) is 2.98. The van der Waals surface area contributed by atoms with Crippen LogP contribution in [0.25, 0.3) is 0 Å². The summed E-state index contributed by atoms with van der Waals surface area (Å²) >= 11 is 4.36. The topological polar surface area (TPSA) is 49.4 Å². The molecule has 2 saturated carbocycles. The third-order valence-electron chi connectivity index (χ3n) is 5.16. The van der Waals surface area contributed by atoms with Crippen LogP contribution in [0.1, 0.15) is 45.4 Å². The minimum Gasteiger partial charge on any atom is -0.323 e. The number of nitrogens with zero attached hydrogens (tertiary/aromatic N) is 1. The number of nitrogens with one attached hydrogen (secondary N) is 1. The van der Waals surface area contributed by atoms with E-state index in [4.69, 9.17) is 0 Å². The van der Waals surface area contributed by atoms with Crippen LogP contribution in [0.5, 0.6) is 0 Å². The SMILES string of the molecule is CC1CCC2(CC1)NC(=O)N(CC1(CS)CC1)C2=O. The number of amides is 3. The Hall–Kier alpha value is -0.710. The molecule has 4 nitrogen and oxygen atoms in total. The summed E-state index contributed by atoms with van der Waals surface area (Å²) in [5.74, 6) is 1.43. The molecule has 3 rings (SSSR count). The molecule has 1 N–H and O–H groups in total. The van der Waals surface area contributed by atoms with E-state index in [0.29, 0.717) is 12.5 Å². The standard InChI is InChI=1S/C14H22N2O2S/c1-10-2-4-14(5-3-10)11(17)16(12(18)15-14)8-13(9-19)6-7-13/h10,19H,2-9H2,1H3,(H,15,18). The van der Waals surface area contributed by atoms with E-state index < -0.39 is 5.54 Å². The summed E-state index contributed by atoms with van der Waals surface area (Å²) in [6.45, 7) is 2.77. The lowest BCUT2D eigenvalue weighted by Gasteiger charge is -2.33. The third-order valence-corrected chi connectivity index (χ3v) is 5.83. The molecule has 19 heavy (non-hydrogen) atoms. The average molecular weight is 282 g/mol. The van der Waals surface area contributed by atoms with Gasteiger partial charge in [-0.15, -0.1) is 0 Å². The first kappa shape index (κ1) is 13.3. The van der Waals surface area contributed by atoms with Crippen molar-refractivity contribution in [1.29, 1.82) is 0 Å². The third kappa shape index (κ3) is 2.16. The molecular formula is C14H22N2O2S. The second-order valence-electron chi connectivity index (χ2n) is 6.74. The summed E-state index contributed by atoms with van der Waals surface area (Å²) in [7, 11) is 0. The van der Waals surface area contributed by atoms with Crippen LogP contribution in [0, 0.1) is 11.3 Å². The molecule has 3 amide bonds. The quantitative estimate of drug-likeness (QED) is 0.616. The molecule has 0 aromatic rings. The van der Waals surface area contributed by atoms with Crippen molar-refractivity contribution in [3.8, 4) is 0 Å². The van der Waals surface area contributed by atoms with Gasteiger partial charge in [0.1, 0.15) is 5.54 Å². The Morgan fingerprint density at radius 3 is 2.42 bits per heavy atom. The molecule has 0 aromatic heterocycles. The lowest BCUT2D eigenvalue weighted by atomic mass is 9.77. The maximum atomic E-state index is 12.6. The summed E-state index contributed by atoms with van der Waals surface area (Å²) < 4.78 is 0. The highest BCUT2D eigenvalue weighted by Gasteiger charge is 2.55. The molecule has 0 atom stereocenters. The molecular weight excluding hydrogens is 260 g/mol. The van der Waals surface area contributed by atoms with Gasteiger partial charge in [0.05, 0.1) is 0 Å². The number of carbonyl (C=O) groups is 2. The highest BCUT2D eigenvalue weighted by atomic mass is 32.1. The van der Waals surface area contributed by atoms with Crippen LogP contribution in [-0.2, 0) is 4.79 Å². The van der Waals surface area contributed by atoms with E-state index in [1.807, 2.05) is 0 Å². The van der Waals surface area contributed by atoms with Crippen molar-refractivity contribution < 1.29 is 9.59 Å². The van der Waals surface area contributed by atoms with E-state index in [2.05, 4.69) is 24.9 Å². The monoisotopic (exact) mass is 282 g/mol. The zero-order chi connectivity index (χ0) is 13.7. The molecule has 3 fully saturated rings. The molecule has 1 aliphatic heterocycles. The molecule has 3 aliphatic rings. The maximum Gasteiger partial charge on any atom is 0.325 e. The Balaban J connectivity index is 1.74. The first-order valence-electron chi connectivity index (χ1n) is 7.25. The smallest absolute Gasteiger partial charge is 0.323 e. The van der Waals surface area contributed by atoms with E-state index in [1.165, 1.54) is 4.90 Å². The molecule has 0 radical (unpaired) electrons. The van der Waals surface area contributed by atoms with Gasteiger partial charge in [0.15, 0.2) is 0 Å². The fourth-order valence-electron chi connectivity index (χ4n) is 3.29. The van der Waals surface area contributed by atoms with Crippen molar-refractivity contribution in [3.63, 3.8) is 0 Å². The molecule has 1 heterocycles. The van der Waals surface area contributed by atoms with E-state index in [0.717, 1.165) is 44.3 Å². The molecule has 1 spiro atoms. The fourth-order valence-corrected chi connectivity index (χ4v) is 3.71. The highest BCUT2D eigenvalue weighted by Crippen LogP contribution is 2.48. The number of hydrogen-bond donors (Lipinski definition) is 2. The first-order chi connectivity index (χ1) is 9.00. The van der Waals surface area contributed by atoms with Crippen LogP contribution in [-0.4, -0.2) is 34.7 Å².